The van der Waals surface area contributed by atoms with Crippen molar-refractivity contribution in [2.75, 3.05) is 31.6 Å². The Hall–Kier alpha value is -0.710. The van der Waals surface area contributed by atoms with E-state index in [9.17, 15) is 9.59 Å². The lowest BCUT2D eigenvalue weighted by Gasteiger charge is -2.32. The molecule has 5 heteroatoms. The molecule has 0 aliphatic carbocycles. The first kappa shape index (κ1) is 14.4. The molecule has 1 fully saturated rings. The molecule has 0 aromatic carbocycles. The number of carbonyl (C=O) groups is 2. The highest BCUT2D eigenvalue weighted by Crippen LogP contribution is 2.17. The molecule has 1 aliphatic rings. The highest BCUT2D eigenvalue weighted by molar-refractivity contribution is 7.99. The van der Waals surface area contributed by atoms with Gasteiger partial charge in [-0.1, -0.05) is 6.92 Å². The van der Waals surface area contributed by atoms with E-state index >= 15 is 0 Å². The molecule has 1 unspecified atom stereocenters. The summed E-state index contributed by atoms with van der Waals surface area (Å²) >= 11 is 1.54. The number of thioether (sulfide) groups is 1. The molecule has 1 rings (SSSR count). The van der Waals surface area contributed by atoms with Gasteiger partial charge in [0.2, 0.25) is 11.8 Å². The minimum absolute atomic E-state index is 0.0129. The number of likely N-dealkylation sites (tertiary alicyclic amines) is 1. The Balaban J connectivity index is 2.42. The van der Waals surface area contributed by atoms with Crippen LogP contribution in [0.5, 0.6) is 0 Å². The molecule has 1 aliphatic heterocycles. The van der Waals surface area contributed by atoms with Crippen LogP contribution < -0.4 is 5.32 Å². The number of nitrogens with one attached hydrogen (secondary N) is 1. The molecular weight excluding hydrogens is 236 g/mol. The van der Waals surface area contributed by atoms with E-state index in [1.54, 1.807) is 0 Å². The summed E-state index contributed by atoms with van der Waals surface area (Å²) in [6, 6.07) is 0. The van der Waals surface area contributed by atoms with E-state index in [1.165, 1.54) is 11.8 Å². The van der Waals surface area contributed by atoms with Gasteiger partial charge < -0.3 is 10.2 Å². The third-order valence-corrected chi connectivity index (χ3v) is 3.50. The molecule has 1 heterocycles. The number of amides is 2. The van der Waals surface area contributed by atoms with Crippen molar-refractivity contribution in [2.45, 2.75) is 26.2 Å². The van der Waals surface area contributed by atoms with Crippen molar-refractivity contribution in [2.24, 2.45) is 5.92 Å². The van der Waals surface area contributed by atoms with Crippen LogP contribution in [0.25, 0.3) is 0 Å². The maximum Gasteiger partial charge on any atom is 0.232 e. The van der Waals surface area contributed by atoms with Crippen molar-refractivity contribution in [1.82, 2.24) is 10.2 Å². The number of rotatable bonds is 5. The number of hydrogen-bond acceptors (Lipinski definition) is 3. The van der Waals surface area contributed by atoms with E-state index in [2.05, 4.69) is 5.32 Å². The number of nitrogens with zero attached hydrogens (tertiary/aromatic N) is 1. The molecule has 1 saturated heterocycles. The average molecular weight is 258 g/mol. The first-order valence-electron chi connectivity index (χ1n) is 6.23. The molecule has 1 atom stereocenters. The quantitative estimate of drug-likeness (QED) is 0.804. The predicted molar refractivity (Wildman–Crippen MR) is 71.0 cm³/mol. The summed E-state index contributed by atoms with van der Waals surface area (Å²) < 4.78 is 0. The summed E-state index contributed by atoms with van der Waals surface area (Å²) in [5.74, 6) is 0.767. The normalized spacial score (nSPS) is 20.1. The molecule has 4 nitrogen and oxygen atoms in total. The summed E-state index contributed by atoms with van der Waals surface area (Å²) in [7, 11) is 0. The van der Waals surface area contributed by atoms with Crippen LogP contribution in [0.15, 0.2) is 0 Å². The molecule has 1 N–H and O–H groups in total. The summed E-state index contributed by atoms with van der Waals surface area (Å²) in [6.07, 6.45) is 4.71. The Bertz CT molecular complexity index is 271. The first-order chi connectivity index (χ1) is 8.19. The van der Waals surface area contributed by atoms with E-state index in [0.29, 0.717) is 12.3 Å². The van der Waals surface area contributed by atoms with Gasteiger partial charge in [-0.3, -0.25) is 9.59 Å². The van der Waals surface area contributed by atoms with Gasteiger partial charge in [0.1, 0.15) is 0 Å². The summed E-state index contributed by atoms with van der Waals surface area (Å²) in [6.45, 7) is 4.16. The third kappa shape index (κ3) is 4.58. The fourth-order valence-electron chi connectivity index (χ4n) is 2.02. The second-order valence-corrected chi connectivity index (χ2v) is 5.27. The standard InChI is InChI=1S/C12H22N2O2S/c1-3-6-13-12(16)10-5-4-7-14(8-10)11(15)9-17-2/h10H,3-9H2,1-2H3,(H,13,16). The molecule has 98 valence electrons. The largest absolute Gasteiger partial charge is 0.356 e. The Morgan fingerprint density at radius 3 is 2.88 bits per heavy atom. The predicted octanol–water partition coefficient (Wildman–Crippen LogP) is 1.11. The van der Waals surface area contributed by atoms with Crippen LogP contribution in [-0.4, -0.2) is 48.4 Å². The van der Waals surface area contributed by atoms with Crippen LogP contribution in [0, 0.1) is 5.92 Å². The Labute approximate surface area is 108 Å². The molecule has 17 heavy (non-hydrogen) atoms. The van der Waals surface area contributed by atoms with Crippen molar-refractivity contribution in [3.8, 4) is 0 Å². The smallest absolute Gasteiger partial charge is 0.232 e. The van der Waals surface area contributed by atoms with Crippen LogP contribution in [0.3, 0.4) is 0 Å². The van der Waals surface area contributed by atoms with Gasteiger partial charge >= 0.3 is 0 Å². The van der Waals surface area contributed by atoms with Gasteiger partial charge in [0, 0.05) is 19.6 Å². The van der Waals surface area contributed by atoms with Crippen molar-refractivity contribution in [3.63, 3.8) is 0 Å². The minimum atomic E-state index is -0.0129. The molecular formula is C12H22N2O2S. The zero-order valence-corrected chi connectivity index (χ0v) is 11.5. The fraction of sp³-hybridized carbons (Fsp3) is 0.833. The highest BCUT2D eigenvalue weighted by atomic mass is 32.2. The van der Waals surface area contributed by atoms with E-state index in [-0.39, 0.29) is 17.7 Å². The van der Waals surface area contributed by atoms with E-state index in [0.717, 1.165) is 32.4 Å². The van der Waals surface area contributed by atoms with Crippen LogP contribution in [0.1, 0.15) is 26.2 Å². The number of carbonyl (C=O) groups excluding carboxylic acids is 2. The topological polar surface area (TPSA) is 49.4 Å². The molecule has 0 aromatic rings. The van der Waals surface area contributed by atoms with Gasteiger partial charge in [0.25, 0.3) is 0 Å². The SMILES string of the molecule is CCCNC(=O)C1CCCN(C(=O)CSC)C1. The van der Waals surface area contributed by atoms with Gasteiger partial charge in [-0.05, 0) is 25.5 Å². The van der Waals surface area contributed by atoms with Gasteiger partial charge in [0.05, 0.1) is 11.7 Å². The van der Waals surface area contributed by atoms with Crippen molar-refractivity contribution in [1.29, 1.82) is 0 Å². The maximum absolute atomic E-state index is 11.8. The zero-order valence-electron chi connectivity index (χ0n) is 10.7. The van der Waals surface area contributed by atoms with Crippen molar-refractivity contribution >= 4 is 23.6 Å². The van der Waals surface area contributed by atoms with Crippen LogP contribution in [-0.2, 0) is 9.59 Å². The zero-order chi connectivity index (χ0) is 12.7. The minimum Gasteiger partial charge on any atom is -0.356 e. The van der Waals surface area contributed by atoms with Crippen LogP contribution >= 0.6 is 11.8 Å². The molecule has 0 spiro atoms. The van der Waals surface area contributed by atoms with Gasteiger partial charge in [-0.15, -0.1) is 0 Å². The number of hydrogen-bond donors (Lipinski definition) is 1. The monoisotopic (exact) mass is 258 g/mol. The second-order valence-electron chi connectivity index (χ2n) is 4.40. The maximum atomic E-state index is 11.8. The highest BCUT2D eigenvalue weighted by Gasteiger charge is 2.27. The van der Waals surface area contributed by atoms with Gasteiger partial charge in [-0.2, -0.15) is 11.8 Å². The first-order valence-corrected chi connectivity index (χ1v) is 7.62. The molecule has 0 saturated carbocycles. The summed E-state index contributed by atoms with van der Waals surface area (Å²) in [5.41, 5.74) is 0. The Kier molecular flexibility index (Phi) is 6.40. The van der Waals surface area contributed by atoms with Gasteiger partial charge in [-0.25, -0.2) is 0 Å². The summed E-state index contributed by atoms with van der Waals surface area (Å²) in [5, 5.41) is 2.91. The molecule has 0 radical (unpaired) electrons. The third-order valence-electron chi connectivity index (χ3n) is 2.96. The fourth-order valence-corrected chi connectivity index (χ4v) is 2.45. The van der Waals surface area contributed by atoms with E-state index in [4.69, 9.17) is 0 Å². The molecule has 0 aromatic heterocycles. The van der Waals surface area contributed by atoms with Crippen molar-refractivity contribution in [3.05, 3.63) is 0 Å². The number of piperidine rings is 1. The lowest BCUT2D eigenvalue weighted by molar-refractivity contribution is -0.133. The van der Waals surface area contributed by atoms with Crippen LogP contribution in [0.2, 0.25) is 0 Å². The Morgan fingerprint density at radius 2 is 2.24 bits per heavy atom. The lowest BCUT2D eigenvalue weighted by Crippen LogP contribution is -2.46. The van der Waals surface area contributed by atoms with Crippen LogP contribution in [0.4, 0.5) is 0 Å². The molecule has 2 amide bonds. The average Bonchev–Trinajstić information content (AvgIpc) is 2.36. The molecule has 0 bridgehead atoms. The van der Waals surface area contributed by atoms with Crippen molar-refractivity contribution < 1.29 is 9.59 Å². The summed E-state index contributed by atoms with van der Waals surface area (Å²) in [4.78, 5) is 25.4. The lowest BCUT2D eigenvalue weighted by atomic mass is 9.97. The van der Waals surface area contributed by atoms with E-state index in [1.807, 2.05) is 18.1 Å². The van der Waals surface area contributed by atoms with Gasteiger partial charge in [0.15, 0.2) is 0 Å². The van der Waals surface area contributed by atoms with E-state index < -0.39 is 0 Å². The second kappa shape index (κ2) is 7.58. The Morgan fingerprint density at radius 1 is 1.47 bits per heavy atom.